The van der Waals surface area contributed by atoms with Gasteiger partial charge in [0.2, 0.25) is 0 Å². The highest BCUT2D eigenvalue weighted by molar-refractivity contribution is 7.74. The maximum absolute atomic E-state index is 11.0. The van der Waals surface area contributed by atoms with Gasteiger partial charge in [-0.3, -0.25) is 4.79 Å². The number of amides is 1. The van der Waals surface area contributed by atoms with Crippen molar-refractivity contribution in [2.45, 2.75) is 0 Å². The zero-order chi connectivity index (χ0) is 9.68. The first-order chi connectivity index (χ1) is 6.20. The molecule has 0 fully saturated rings. The summed E-state index contributed by atoms with van der Waals surface area (Å²) >= 11 is -2.74. The summed E-state index contributed by atoms with van der Waals surface area (Å²) in [7, 11) is 0. The molecule has 0 saturated carbocycles. The zero-order valence-corrected chi connectivity index (χ0v) is 7.24. The summed E-state index contributed by atoms with van der Waals surface area (Å²) in [5.74, 6) is -0.607. The van der Waals surface area contributed by atoms with Crippen molar-refractivity contribution in [2.24, 2.45) is 0 Å². The van der Waals surface area contributed by atoms with Crippen molar-refractivity contribution >= 4 is 17.3 Å². The number of benzene rings is 1. The molecule has 1 aromatic carbocycles. The Morgan fingerprint density at radius 3 is 2.54 bits per heavy atom. The fourth-order valence-electron chi connectivity index (χ4n) is 0.720. The summed E-state index contributed by atoms with van der Waals surface area (Å²) < 4.78 is 23.7. The molecular formula is C7H6NO4S-. The average Bonchev–Trinajstić information content (AvgIpc) is 2.15. The van der Waals surface area contributed by atoms with Crippen LogP contribution in [0.2, 0.25) is 0 Å². The van der Waals surface area contributed by atoms with Gasteiger partial charge in [0.25, 0.3) is 5.91 Å². The van der Waals surface area contributed by atoms with E-state index in [0.717, 1.165) is 0 Å². The summed E-state index contributed by atoms with van der Waals surface area (Å²) in [6.07, 6.45) is 0. The van der Waals surface area contributed by atoms with Crippen LogP contribution in [0.25, 0.3) is 0 Å². The summed E-state index contributed by atoms with van der Waals surface area (Å²) in [4.78, 5) is 11.0. The third kappa shape index (κ3) is 3.32. The lowest BCUT2D eigenvalue weighted by Crippen LogP contribution is -2.24. The summed E-state index contributed by atoms with van der Waals surface area (Å²) in [5.41, 5.74) is 2.07. The first-order valence-corrected chi connectivity index (χ1v) is 4.32. The van der Waals surface area contributed by atoms with Gasteiger partial charge < -0.3 is 4.55 Å². The van der Waals surface area contributed by atoms with Crippen molar-refractivity contribution in [3.63, 3.8) is 0 Å². The topological polar surface area (TPSA) is 78.5 Å². The lowest BCUT2D eigenvalue weighted by atomic mass is 10.2. The van der Waals surface area contributed by atoms with E-state index in [9.17, 15) is 13.6 Å². The van der Waals surface area contributed by atoms with Crippen LogP contribution in [0.4, 0.5) is 0 Å². The van der Waals surface area contributed by atoms with E-state index in [1.807, 2.05) is 0 Å². The van der Waals surface area contributed by atoms with Crippen LogP contribution in [0.1, 0.15) is 10.4 Å². The molecule has 5 nitrogen and oxygen atoms in total. The van der Waals surface area contributed by atoms with Gasteiger partial charge in [0.1, 0.15) is 11.4 Å². The van der Waals surface area contributed by atoms with Crippen LogP contribution >= 0.6 is 0 Å². The molecule has 1 aromatic rings. The van der Waals surface area contributed by atoms with Crippen molar-refractivity contribution in [3.05, 3.63) is 35.9 Å². The largest absolute Gasteiger partial charge is 0.748 e. The standard InChI is InChI=1S/C7H7NO4S/c9-7(8-12-13(10)11)6-4-2-1-3-5-6/h1-5H,(H,8,9)(H,10,11)/p-1. The van der Waals surface area contributed by atoms with Crippen LogP contribution in [0.5, 0.6) is 0 Å². The first-order valence-electron chi connectivity index (χ1n) is 3.32. The molecule has 6 heteroatoms. The van der Waals surface area contributed by atoms with Crippen LogP contribution in [0, 0.1) is 0 Å². The van der Waals surface area contributed by atoms with Gasteiger partial charge in [0, 0.05) is 5.56 Å². The van der Waals surface area contributed by atoms with Crippen LogP contribution in [0.3, 0.4) is 0 Å². The van der Waals surface area contributed by atoms with Gasteiger partial charge in [-0.25, -0.2) is 9.69 Å². The molecule has 13 heavy (non-hydrogen) atoms. The molecule has 70 valence electrons. The summed E-state index contributed by atoms with van der Waals surface area (Å²) in [6.45, 7) is 0. The van der Waals surface area contributed by atoms with Crippen molar-refractivity contribution in [1.29, 1.82) is 0 Å². The van der Waals surface area contributed by atoms with Gasteiger partial charge in [-0.15, -0.1) is 0 Å². The molecular weight excluding hydrogens is 194 g/mol. The van der Waals surface area contributed by atoms with Crippen molar-refractivity contribution in [2.75, 3.05) is 0 Å². The Morgan fingerprint density at radius 2 is 2.00 bits per heavy atom. The molecule has 1 unspecified atom stereocenters. The number of hydroxylamine groups is 1. The minimum atomic E-state index is -2.74. The lowest BCUT2D eigenvalue weighted by molar-refractivity contribution is 0.0764. The van der Waals surface area contributed by atoms with E-state index in [-0.39, 0.29) is 0 Å². The molecule has 0 heterocycles. The summed E-state index contributed by atoms with van der Waals surface area (Å²) in [5, 5.41) is 0. The second-order valence-corrected chi connectivity index (χ2v) is 2.66. The second-order valence-electron chi connectivity index (χ2n) is 2.08. The van der Waals surface area contributed by atoms with E-state index in [2.05, 4.69) is 4.28 Å². The maximum atomic E-state index is 11.0. The highest BCUT2D eigenvalue weighted by Crippen LogP contribution is 1.97. The highest BCUT2D eigenvalue weighted by atomic mass is 32.2. The van der Waals surface area contributed by atoms with Gasteiger partial charge >= 0.3 is 0 Å². The third-order valence-electron chi connectivity index (χ3n) is 1.24. The molecule has 0 aliphatic carbocycles. The van der Waals surface area contributed by atoms with E-state index in [1.165, 1.54) is 12.1 Å². The third-order valence-corrected chi connectivity index (χ3v) is 1.46. The van der Waals surface area contributed by atoms with Gasteiger partial charge in [0.05, 0.1) is 0 Å². The molecule has 0 bridgehead atoms. The minimum Gasteiger partial charge on any atom is -0.748 e. The predicted octanol–water partition coefficient (Wildman–Crippen LogP) is 0.142. The molecule has 0 radical (unpaired) electrons. The van der Waals surface area contributed by atoms with Crippen LogP contribution < -0.4 is 5.48 Å². The number of hydrogen-bond donors (Lipinski definition) is 1. The predicted molar refractivity (Wildman–Crippen MR) is 43.9 cm³/mol. The Kier molecular flexibility index (Phi) is 3.56. The average molecular weight is 200 g/mol. The maximum Gasteiger partial charge on any atom is 0.275 e. The fraction of sp³-hybridized carbons (Fsp3) is 0. The van der Waals surface area contributed by atoms with Crippen LogP contribution in [-0.2, 0) is 15.6 Å². The SMILES string of the molecule is O=C(NOS(=O)[O-])c1ccccc1. The molecule has 1 N–H and O–H groups in total. The monoisotopic (exact) mass is 200 g/mol. The van der Waals surface area contributed by atoms with Gasteiger partial charge in [-0.05, 0) is 12.1 Å². The fourth-order valence-corrected chi connectivity index (χ4v) is 0.864. The number of nitrogens with one attached hydrogen (secondary N) is 1. The van der Waals surface area contributed by atoms with E-state index in [0.29, 0.717) is 5.56 Å². The van der Waals surface area contributed by atoms with Crippen molar-refractivity contribution in [1.82, 2.24) is 5.48 Å². The zero-order valence-electron chi connectivity index (χ0n) is 6.43. The minimum absolute atomic E-state index is 0.327. The number of rotatable bonds is 3. The first kappa shape index (κ1) is 9.85. The quantitative estimate of drug-likeness (QED) is 0.556. The molecule has 1 amide bonds. The van der Waals surface area contributed by atoms with Gasteiger partial charge in [-0.2, -0.15) is 4.28 Å². The smallest absolute Gasteiger partial charge is 0.275 e. The molecule has 0 aliphatic rings. The Morgan fingerprint density at radius 1 is 1.38 bits per heavy atom. The Labute approximate surface area is 77.2 Å². The lowest BCUT2D eigenvalue weighted by Gasteiger charge is -2.05. The van der Waals surface area contributed by atoms with Crippen molar-refractivity contribution < 1.29 is 17.8 Å². The molecule has 1 atom stereocenters. The number of carbonyl (C=O) groups is 1. The molecule has 0 spiro atoms. The van der Waals surface area contributed by atoms with Gasteiger partial charge in [0.15, 0.2) is 0 Å². The highest BCUT2D eigenvalue weighted by Gasteiger charge is 2.02. The van der Waals surface area contributed by atoms with E-state index in [1.54, 1.807) is 23.7 Å². The van der Waals surface area contributed by atoms with E-state index in [4.69, 9.17) is 0 Å². The second kappa shape index (κ2) is 4.70. The molecule has 0 saturated heterocycles. The molecule has 1 rings (SSSR count). The Balaban J connectivity index is 2.54. The van der Waals surface area contributed by atoms with Crippen molar-refractivity contribution in [3.8, 4) is 0 Å². The number of carbonyl (C=O) groups excluding carboxylic acids is 1. The van der Waals surface area contributed by atoms with Crippen LogP contribution in [0.15, 0.2) is 30.3 Å². The van der Waals surface area contributed by atoms with E-state index >= 15 is 0 Å². The molecule has 0 aliphatic heterocycles. The van der Waals surface area contributed by atoms with Gasteiger partial charge in [-0.1, -0.05) is 18.2 Å². The normalized spacial score (nSPS) is 12.1. The summed E-state index contributed by atoms with van der Waals surface area (Å²) in [6, 6.07) is 8.12. The Bertz CT molecular complexity index is 314. The van der Waals surface area contributed by atoms with Crippen LogP contribution in [-0.4, -0.2) is 14.7 Å². The molecule has 0 aromatic heterocycles. The Hall–Kier alpha value is -1.24. The number of hydrogen-bond acceptors (Lipinski definition) is 4. The van der Waals surface area contributed by atoms with E-state index < -0.39 is 17.3 Å².